The lowest BCUT2D eigenvalue weighted by Crippen LogP contribution is -2.47. The van der Waals surface area contributed by atoms with Gasteiger partial charge in [-0.05, 0) is 32.4 Å². The van der Waals surface area contributed by atoms with E-state index in [0.717, 1.165) is 11.8 Å². The van der Waals surface area contributed by atoms with Gasteiger partial charge >= 0.3 is 0 Å². The normalized spacial score (nSPS) is 13.5. The lowest BCUT2D eigenvalue weighted by molar-refractivity contribution is 0.0735. The number of halogens is 3. The quantitative estimate of drug-likeness (QED) is 0.279. The molecule has 1 aliphatic rings. The molecule has 1 N–H and O–H groups in total. The van der Waals surface area contributed by atoms with Gasteiger partial charge in [-0.1, -0.05) is 36.8 Å². The van der Waals surface area contributed by atoms with Crippen LogP contribution < -0.4 is 10.9 Å². The van der Waals surface area contributed by atoms with Crippen molar-refractivity contribution in [3.8, 4) is 27.5 Å². The summed E-state index contributed by atoms with van der Waals surface area (Å²) in [5.41, 5.74) is 2.95. The minimum absolute atomic E-state index is 0.0987. The first-order valence-electron chi connectivity index (χ1n) is 13.6. The van der Waals surface area contributed by atoms with Crippen LogP contribution in [-0.4, -0.2) is 51.5 Å². The molecule has 1 aromatic carbocycles. The Balaban J connectivity index is 1.76. The van der Waals surface area contributed by atoms with Gasteiger partial charge in [0.2, 0.25) is 0 Å². The SMILES string of the molecule is CCc1ncc(F)cc1-n1c(C=C(C)C)c(C(=O)N2CCNCC2)cc(-c2nc(-c3ccc(C(F)F)cc3)cs2)c1=O. The van der Waals surface area contributed by atoms with Gasteiger partial charge in [0.15, 0.2) is 0 Å². The van der Waals surface area contributed by atoms with Gasteiger partial charge < -0.3 is 10.2 Å². The van der Waals surface area contributed by atoms with E-state index < -0.39 is 17.8 Å². The Labute approximate surface area is 245 Å². The highest BCUT2D eigenvalue weighted by molar-refractivity contribution is 7.13. The summed E-state index contributed by atoms with van der Waals surface area (Å²) in [6.45, 7) is 7.86. The van der Waals surface area contributed by atoms with Gasteiger partial charge in [0.25, 0.3) is 17.9 Å². The Morgan fingerprint density at radius 3 is 2.50 bits per heavy atom. The van der Waals surface area contributed by atoms with E-state index in [1.54, 1.807) is 34.6 Å². The summed E-state index contributed by atoms with van der Waals surface area (Å²) in [5.74, 6) is -0.859. The van der Waals surface area contributed by atoms with Crippen LogP contribution in [0.2, 0.25) is 0 Å². The van der Waals surface area contributed by atoms with Crippen molar-refractivity contribution in [2.45, 2.75) is 33.6 Å². The minimum atomic E-state index is -2.58. The highest BCUT2D eigenvalue weighted by Crippen LogP contribution is 2.31. The zero-order valence-electron chi connectivity index (χ0n) is 23.5. The molecule has 42 heavy (non-hydrogen) atoms. The fourth-order valence-corrected chi connectivity index (χ4v) is 5.74. The zero-order chi connectivity index (χ0) is 30.0. The number of pyridine rings is 2. The molecule has 4 heterocycles. The van der Waals surface area contributed by atoms with Crippen molar-refractivity contribution in [1.82, 2.24) is 24.8 Å². The van der Waals surface area contributed by atoms with Crippen LogP contribution in [0.3, 0.4) is 0 Å². The number of hydrogen-bond acceptors (Lipinski definition) is 6. The van der Waals surface area contributed by atoms with E-state index >= 15 is 0 Å². The first-order chi connectivity index (χ1) is 20.2. The number of nitrogens with one attached hydrogen (secondary N) is 1. The third-order valence-electron chi connectivity index (χ3n) is 6.98. The van der Waals surface area contributed by atoms with E-state index in [2.05, 4.69) is 15.3 Å². The van der Waals surface area contributed by atoms with E-state index in [-0.39, 0.29) is 28.3 Å². The Bertz CT molecular complexity index is 1700. The number of benzene rings is 1. The molecular formula is C31H30F3N5O2S. The molecule has 1 amide bonds. The Hall–Kier alpha value is -4.09. The molecule has 11 heteroatoms. The van der Waals surface area contributed by atoms with Crippen LogP contribution in [0, 0.1) is 5.82 Å². The molecule has 1 saturated heterocycles. The highest BCUT2D eigenvalue weighted by Gasteiger charge is 2.27. The summed E-state index contributed by atoms with van der Waals surface area (Å²) in [5, 5.41) is 5.32. The number of allylic oxidation sites excluding steroid dienone is 1. The van der Waals surface area contributed by atoms with E-state index in [9.17, 15) is 22.8 Å². The maximum Gasteiger partial charge on any atom is 0.265 e. The first kappa shape index (κ1) is 29.4. The molecule has 1 fully saturated rings. The zero-order valence-corrected chi connectivity index (χ0v) is 24.3. The first-order valence-corrected chi connectivity index (χ1v) is 14.5. The second-order valence-corrected chi connectivity index (χ2v) is 11.1. The lowest BCUT2D eigenvalue weighted by Gasteiger charge is -2.29. The van der Waals surface area contributed by atoms with E-state index in [0.29, 0.717) is 60.3 Å². The molecule has 7 nitrogen and oxygen atoms in total. The minimum Gasteiger partial charge on any atom is -0.336 e. The van der Waals surface area contributed by atoms with Gasteiger partial charge in [-0.3, -0.25) is 19.1 Å². The molecule has 0 radical (unpaired) electrons. The van der Waals surface area contributed by atoms with Crippen LogP contribution in [0.25, 0.3) is 33.6 Å². The van der Waals surface area contributed by atoms with E-state index in [1.807, 2.05) is 20.8 Å². The molecule has 0 bridgehead atoms. The maximum atomic E-state index is 14.6. The molecule has 5 rings (SSSR count). The predicted molar refractivity (Wildman–Crippen MR) is 159 cm³/mol. The smallest absolute Gasteiger partial charge is 0.265 e. The second kappa shape index (κ2) is 12.4. The van der Waals surface area contributed by atoms with E-state index in [4.69, 9.17) is 0 Å². The molecule has 1 aliphatic heterocycles. The summed E-state index contributed by atoms with van der Waals surface area (Å²) in [6.07, 6.45) is 0.706. The highest BCUT2D eigenvalue weighted by atomic mass is 32.1. The summed E-state index contributed by atoms with van der Waals surface area (Å²) >= 11 is 1.20. The Kier molecular flexibility index (Phi) is 8.69. The maximum absolute atomic E-state index is 14.6. The van der Waals surface area contributed by atoms with Crippen LogP contribution in [0.15, 0.2) is 58.3 Å². The number of alkyl halides is 2. The monoisotopic (exact) mass is 593 g/mol. The number of hydrogen-bond donors (Lipinski definition) is 1. The molecule has 0 unspecified atom stereocenters. The fraction of sp³-hybridized carbons (Fsp3) is 0.290. The van der Waals surface area contributed by atoms with Crippen molar-refractivity contribution in [3.05, 3.63) is 92.2 Å². The van der Waals surface area contributed by atoms with Gasteiger partial charge in [-0.2, -0.15) is 0 Å². The standard InChI is InChI=1S/C31H30F3N5O2S/c1-4-24-27(14-21(32)16-36-24)39-26(13-18(2)3)22(30(40)38-11-9-35-10-12-38)15-23(31(39)41)29-37-25(17-42-29)19-5-7-20(8-6-19)28(33)34/h5-8,13-17,28,35H,4,9-12H2,1-3H3. The van der Waals surface area contributed by atoms with Crippen LogP contribution in [0.5, 0.6) is 0 Å². The molecule has 3 aromatic heterocycles. The van der Waals surface area contributed by atoms with Crippen molar-refractivity contribution < 1.29 is 18.0 Å². The summed E-state index contributed by atoms with van der Waals surface area (Å²) in [4.78, 5) is 38.9. The van der Waals surface area contributed by atoms with Crippen molar-refractivity contribution in [2.75, 3.05) is 26.2 Å². The third kappa shape index (κ3) is 5.93. The van der Waals surface area contributed by atoms with Crippen molar-refractivity contribution >= 4 is 23.3 Å². The average molecular weight is 594 g/mol. The summed E-state index contributed by atoms with van der Waals surface area (Å²) in [6, 6.07) is 8.63. The number of thiazole rings is 1. The Morgan fingerprint density at radius 2 is 1.86 bits per heavy atom. The molecule has 0 spiro atoms. The second-order valence-electron chi connectivity index (χ2n) is 10.2. The topological polar surface area (TPSA) is 80.1 Å². The van der Waals surface area contributed by atoms with Crippen molar-refractivity contribution in [1.29, 1.82) is 0 Å². The third-order valence-corrected chi connectivity index (χ3v) is 7.86. The molecule has 0 atom stereocenters. The molecular weight excluding hydrogens is 563 g/mol. The summed E-state index contributed by atoms with van der Waals surface area (Å²) in [7, 11) is 0. The van der Waals surface area contributed by atoms with Gasteiger partial charge in [0.05, 0.1) is 40.1 Å². The number of carbonyl (C=O) groups excluding carboxylic acids is 1. The van der Waals surface area contributed by atoms with Gasteiger partial charge in [0, 0.05) is 48.8 Å². The number of carbonyl (C=O) groups is 1. The average Bonchev–Trinajstić information content (AvgIpc) is 3.47. The number of piperazine rings is 1. The number of nitrogens with zero attached hydrogens (tertiary/aromatic N) is 4. The van der Waals surface area contributed by atoms with Crippen LogP contribution in [0.1, 0.15) is 54.5 Å². The number of aryl methyl sites for hydroxylation is 1. The molecule has 218 valence electrons. The van der Waals surface area contributed by atoms with Crippen molar-refractivity contribution in [3.63, 3.8) is 0 Å². The van der Waals surface area contributed by atoms with Crippen LogP contribution in [-0.2, 0) is 6.42 Å². The van der Waals surface area contributed by atoms with Gasteiger partial charge in [-0.25, -0.2) is 18.2 Å². The Morgan fingerprint density at radius 1 is 1.14 bits per heavy atom. The fourth-order valence-electron chi connectivity index (χ4n) is 4.90. The lowest BCUT2D eigenvalue weighted by atomic mass is 10.0. The molecule has 4 aromatic rings. The van der Waals surface area contributed by atoms with Gasteiger partial charge in [-0.15, -0.1) is 11.3 Å². The number of amides is 1. The summed E-state index contributed by atoms with van der Waals surface area (Å²) < 4.78 is 42.1. The number of rotatable bonds is 7. The molecule has 0 aliphatic carbocycles. The molecule has 0 saturated carbocycles. The van der Waals surface area contributed by atoms with Crippen LogP contribution in [0.4, 0.5) is 13.2 Å². The largest absolute Gasteiger partial charge is 0.336 e. The van der Waals surface area contributed by atoms with Crippen molar-refractivity contribution in [2.24, 2.45) is 0 Å². The van der Waals surface area contributed by atoms with E-state index in [1.165, 1.54) is 34.1 Å². The van der Waals surface area contributed by atoms with Gasteiger partial charge in [0.1, 0.15) is 10.8 Å². The predicted octanol–water partition coefficient (Wildman–Crippen LogP) is 6.13. The van der Waals surface area contributed by atoms with Crippen LogP contribution >= 0.6 is 11.3 Å². The number of aromatic nitrogens is 3.